The van der Waals surface area contributed by atoms with Crippen LogP contribution in [-0.2, 0) is 0 Å². The van der Waals surface area contributed by atoms with Crippen LogP contribution < -0.4 is 0 Å². The first-order valence-corrected chi connectivity index (χ1v) is 9.80. The molecule has 8 heteroatoms. The molecular formula is C21H15N7S. The van der Waals surface area contributed by atoms with E-state index in [0.717, 1.165) is 27.2 Å². The molecule has 0 saturated carbocycles. The quantitative estimate of drug-likeness (QED) is 0.422. The third-order valence-electron chi connectivity index (χ3n) is 4.40. The Morgan fingerprint density at radius 2 is 1.76 bits per heavy atom. The van der Waals surface area contributed by atoms with Gasteiger partial charge in [0, 0.05) is 23.3 Å². The average Bonchev–Trinajstić information content (AvgIpc) is 3.23. The van der Waals surface area contributed by atoms with Gasteiger partial charge in [-0.05, 0) is 59.4 Å². The van der Waals surface area contributed by atoms with Gasteiger partial charge in [-0.3, -0.25) is 4.98 Å². The number of tetrazole rings is 1. The number of para-hydroxylation sites is 1. The molecule has 29 heavy (non-hydrogen) atoms. The standard InChI is InChI=1S/C21H15N7S/c1-14-8-10-16(11-9-14)28-21(25-26-27-28)29-20-17-6-2-3-7-18(17)23-19(24-20)15-5-4-12-22-13-15/h2-13H,1H3. The summed E-state index contributed by atoms with van der Waals surface area (Å²) >= 11 is 1.41. The molecule has 0 radical (unpaired) electrons. The van der Waals surface area contributed by atoms with Gasteiger partial charge in [-0.1, -0.05) is 35.9 Å². The first kappa shape index (κ1) is 17.4. The van der Waals surface area contributed by atoms with E-state index >= 15 is 0 Å². The monoisotopic (exact) mass is 397 g/mol. The van der Waals surface area contributed by atoms with Crippen LogP contribution >= 0.6 is 11.8 Å². The van der Waals surface area contributed by atoms with Gasteiger partial charge >= 0.3 is 0 Å². The highest BCUT2D eigenvalue weighted by atomic mass is 32.2. The highest BCUT2D eigenvalue weighted by Crippen LogP contribution is 2.32. The smallest absolute Gasteiger partial charge is 0.220 e. The summed E-state index contributed by atoms with van der Waals surface area (Å²) in [5.74, 6) is 0.619. The van der Waals surface area contributed by atoms with Crippen molar-refractivity contribution in [2.75, 3.05) is 0 Å². The first-order valence-electron chi connectivity index (χ1n) is 8.98. The van der Waals surface area contributed by atoms with Gasteiger partial charge in [-0.25, -0.2) is 9.97 Å². The highest BCUT2D eigenvalue weighted by molar-refractivity contribution is 7.99. The average molecular weight is 397 g/mol. The molecule has 0 spiro atoms. The molecule has 7 nitrogen and oxygen atoms in total. The fourth-order valence-electron chi connectivity index (χ4n) is 2.93. The second kappa shape index (κ2) is 7.40. The van der Waals surface area contributed by atoms with Crippen molar-refractivity contribution in [3.63, 3.8) is 0 Å². The number of hydrogen-bond acceptors (Lipinski definition) is 7. The number of pyridine rings is 1. The lowest BCUT2D eigenvalue weighted by molar-refractivity contribution is 0.756. The summed E-state index contributed by atoms with van der Waals surface area (Å²) < 4.78 is 1.71. The Morgan fingerprint density at radius 3 is 2.59 bits per heavy atom. The normalized spacial score (nSPS) is 11.1. The van der Waals surface area contributed by atoms with Crippen molar-refractivity contribution in [1.82, 2.24) is 35.2 Å². The van der Waals surface area contributed by atoms with E-state index in [1.807, 2.05) is 67.6 Å². The lowest BCUT2D eigenvalue weighted by Gasteiger charge is -2.08. The summed E-state index contributed by atoms with van der Waals surface area (Å²) in [6.07, 6.45) is 3.49. The Hall–Kier alpha value is -3.65. The summed E-state index contributed by atoms with van der Waals surface area (Å²) in [5, 5.41) is 14.6. The highest BCUT2D eigenvalue weighted by Gasteiger charge is 2.15. The molecule has 0 atom stereocenters. The lowest BCUT2D eigenvalue weighted by atomic mass is 10.2. The Kier molecular flexibility index (Phi) is 4.45. The Morgan fingerprint density at radius 1 is 0.897 bits per heavy atom. The van der Waals surface area contributed by atoms with Crippen LogP contribution in [0.3, 0.4) is 0 Å². The van der Waals surface area contributed by atoms with E-state index in [2.05, 4.69) is 20.5 Å². The number of fused-ring (bicyclic) bond motifs is 1. The van der Waals surface area contributed by atoms with Crippen LogP contribution in [0.5, 0.6) is 0 Å². The summed E-state index contributed by atoms with van der Waals surface area (Å²) in [6.45, 7) is 2.05. The predicted octanol–water partition coefficient (Wildman–Crippen LogP) is 4.13. The minimum atomic E-state index is 0.619. The van der Waals surface area contributed by atoms with E-state index in [1.165, 1.54) is 17.3 Å². The van der Waals surface area contributed by atoms with Crippen molar-refractivity contribution >= 4 is 22.7 Å². The molecule has 0 aliphatic rings. The Bertz CT molecular complexity index is 1280. The molecule has 5 rings (SSSR count). The molecular weight excluding hydrogens is 382 g/mol. The molecule has 0 N–H and O–H groups in total. The molecule has 3 heterocycles. The van der Waals surface area contributed by atoms with Crippen molar-refractivity contribution in [3.05, 3.63) is 78.6 Å². The number of rotatable bonds is 4. The minimum absolute atomic E-state index is 0.619. The second-order valence-electron chi connectivity index (χ2n) is 6.42. The number of aromatic nitrogens is 7. The van der Waals surface area contributed by atoms with E-state index in [0.29, 0.717) is 11.0 Å². The molecule has 2 aromatic carbocycles. The number of nitrogens with zero attached hydrogens (tertiary/aromatic N) is 7. The van der Waals surface area contributed by atoms with Crippen molar-refractivity contribution < 1.29 is 0 Å². The van der Waals surface area contributed by atoms with Gasteiger partial charge in [0.05, 0.1) is 11.2 Å². The number of hydrogen-bond donors (Lipinski definition) is 0. The second-order valence-corrected chi connectivity index (χ2v) is 7.38. The van der Waals surface area contributed by atoms with E-state index in [-0.39, 0.29) is 0 Å². The summed E-state index contributed by atoms with van der Waals surface area (Å²) in [7, 11) is 0. The van der Waals surface area contributed by atoms with Crippen LogP contribution in [0, 0.1) is 6.92 Å². The predicted molar refractivity (Wildman–Crippen MR) is 111 cm³/mol. The van der Waals surface area contributed by atoms with Crippen molar-refractivity contribution in [2.45, 2.75) is 17.1 Å². The van der Waals surface area contributed by atoms with Gasteiger partial charge < -0.3 is 0 Å². The molecule has 140 valence electrons. The molecule has 0 aliphatic carbocycles. The minimum Gasteiger partial charge on any atom is -0.264 e. The Balaban J connectivity index is 1.61. The fraction of sp³-hybridized carbons (Fsp3) is 0.0476. The molecule has 0 amide bonds. The van der Waals surface area contributed by atoms with Crippen LogP contribution in [0.25, 0.3) is 28.0 Å². The largest absolute Gasteiger partial charge is 0.264 e. The maximum atomic E-state index is 4.80. The van der Waals surface area contributed by atoms with Gasteiger partial charge in [0.25, 0.3) is 0 Å². The zero-order valence-electron chi connectivity index (χ0n) is 15.5. The summed E-state index contributed by atoms with van der Waals surface area (Å²) in [6, 6.07) is 19.8. The van der Waals surface area contributed by atoms with Crippen LogP contribution in [0.15, 0.2) is 83.2 Å². The van der Waals surface area contributed by atoms with Crippen LogP contribution in [0.1, 0.15) is 5.56 Å². The zero-order valence-corrected chi connectivity index (χ0v) is 16.3. The Labute approximate surface area is 170 Å². The van der Waals surface area contributed by atoms with E-state index < -0.39 is 0 Å². The van der Waals surface area contributed by atoms with Gasteiger partial charge in [-0.15, -0.1) is 5.10 Å². The van der Waals surface area contributed by atoms with Crippen LogP contribution in [0.4, 0.5) is 0 Å². The van der Waals surface area contributed by atoms with Gasteiger partial charge in [0.2, 0.25) is 5.16 Å². The molecule has 0 saturated heterocycles. The maximum Gasteiger partial charge on any atom is 0.220 e. The van der Waals surface area contributed by atoms with Crippen LogP contribution in [0.2, 0.25) is 0 Å². The molecule has 0 unspecified atom stereocenters. The van der Waals surface area contributed by atoms with Crippen molar-refractivity contribution in [2.24, 2.45) is 0 Å². The van der Waals surface area contributed by atoms with Gasteiger partial charge in [0.15, 0.2) is 5.82 Å². The summed E-state index contributed by atoms with van der Waals surface area (Å²) in [4.78, 5) is 13.7. The topological polar surface area (TPSA) is 82.3 Å². The number of aryl methyl sites for hydroxylation is 1. The first-order chi connectivity index (χ1) is 14.3. The zero-order chi connectivity index (χ0) is 19.6. The molecule has 5 aromatic rings. The molecule has 0 fully saturated rings. The third kappa shape index (κ3) is 3.45. The molecule has 0 aliphatic heterocycles. The van der Waals surface area contributed by atoms with E-state index in [4.69, 9.17) is 9.97 Å². The fourth-order valence-corrected chi connectivity index (χ4v) is 3.82. The van der Waals surface area contributed by atoms with Gasteiger partial charge in [0.1, 0.15) is 5.03 Å². The SMILES string of the molecule is Cc1ccc(-n2nnnc2Sc2nc(-c3cccnc3)nc3ccccc23)cc1. The van der Waals surface area contributed by atoms with Crippen LogP contribution in [-0.4, -0.2) is 35.2 Å². The summed E-state index contributed by atoms with van der Waals surface area (Å²) in [5.41, 5.74) is 3.80. The van der Waals surface area contributed by atoms with Crippen molar-refractivity contribution in [1.29, 1.82) is 0 Å². The van der Waals surface area contributed by atoms with Crippen molar-refractivity contribution in [3.8, 4) is 17.1 Å². The van der Waals surface area contributed by atoms with E-state index in [1.54, 1.807) is 17.1 Å². The molecule has 0 bridgehead atoms. The lowest BCUT2D eigenvalue weighted by Crippen LogP contribution is -2.00. The van der Waals surface area contributed by atoms with Gasteiger partial charge in [-0.2, -0.15) is 4.68 Å². The maximum absolute atomic E-state index is 4.80. The third-order valence-corrected chi connectivity index (χ3v) is 5.34. The number of benzene rings is 2. The molecule has 3 aromatic heterocycles. The van der Waals surface area contributed by atoms with E-state index in [9.17, 15) is 0 Å².